The van der Waals surface area contributed by atoms with Crippen molar-refractivity contribution in [1.82, 2.24) is 20.5 Å². The SMILES string of the molecule is CN=C(NCc1cnc(C)s1)NC1CN(C(C)C)CC1C.I. The number of hydrogen-bond donors (Lipinski definition) is 2. The fraction of sp³-hybridized carbons (Fsp3) is 0.733. The predicted molar refractivity (Wildman–Crippen MR) is 105 cm³/mol. The quantitative estimate of drug-likeness (QED) is 0.432. The minimum absolute atomic E-state index is 0. The monoisotopic (exact) mass is 437 g/mol. The number of hydrogen-bond acceptors (Lipinski definition) is 4. The minimum atomic E-state index is 0. The summed E-state index contributed by atoms with van der Waals surface area (Å²) in [5, 5.41) is 8.04. The Kier molecular flexibility index (Phi) is 8.06. The summed E-state index contributed by atoms with van der Waals surface area (Å²) in [5.41, 5.74) is 0. The molecule has 2 rings (SSSR count). The van der Waals surface area contributed by atoms with Crippen LogP contribution in [0.4, 0.5) is 0 Å². The first kappa shape index (κ1) is 19.6. The molecule has 0 aromatic carbocycles. The van der Waals surface area contributed by atoms with E-state index in [4.69, 9.17) is 0 Å². The van der Waals surface area contributed by atoms with Crippen LogP contribution < -0.4 is 10.6 Å². The molecule has 1 saturated heterocycles. The van der Waals surface area contributed by atoms with Gasteiger partial charge in [-0.1, -0.05) is 6.92 Å². The fourth-order valence-electron chi connectivity index (χ4n) is 2.64. The van der Waals surface area contributed by atoms with E-state index >= 15 is 0 Å². The van der Waals surface area contributed by atoms with Crippen LogP contribution in [-0.4, -0.2) is 48.1 Å². The first-order valence-corrected chi connectivity index (χ1v) is 8.43. The van der Waals surface area contributed by atoms with Crippen molar-refractivity contribution in [3.8, 4) is 0 Å². The van der Waals surface area contributed by atoms with E-state index in [9.17, 15) is 0 Å². The van der Waals surface area contributed by atoms with E-state index < -0.39 is 0 Å². The summed E-state index contributed by atoms with van der Waals surface area (Å²) >= 11 is 1.72. The Morgan fingerprint density at radius 3 is 2.73 bits per heavy atom. The van der Waals surface area contributed by atoms with Crippen molar-refractivity contribution < 1.29 is 0 Å². The summed E-state index contributed by atoms with van der Waals surface area (Å²) in [6.07, 6.45) is 1.93. The fourth-order valence-corrected chi connectivity index (χ4v) is 3.38. The van der Waals surface area contributed by atoms with Gasteiger partial charge >= 0.3 is 0 Å². The lowest BCUT2D eigenvalue weighted by Crippen LogP contribution is -2.46. The Hall–Kier alpha value is -0.410. The van der Waals surface area contributed by atoms with Gasteiger partial charge in [0.25, 0.3) is 0 Å². The zero-order valence-electron chi connectivity index (χ0n) is 14.1. The van der Waals surface area contributed by atoms with Crippen LogP contribution in [0.15, 0.2) is 11.2 Å². The van der Waals surface area contributed by atoms with Crippen LogP contribution in [-0.2, 0) is 6.54 Å². The van der Waals surface area contributed by atoms with Gasteiger partial charge in [-0.2, -0.15) is 0 Å². The van der Waals surface area contributed by atoms with Crippen molar-refractivity contribution in [1.29, 1.82) is 0 Å². The summed E-state index contributed by atoms with van der Waals surface area (Å²) in [6.45, 7) is 11.9. The lowest BCUT2D eigenvalue weighted by atomic mass is 10.1. The molecule has 1 aromatic rings. The van der Waals surface area contributed by atoms with Crippen molar-refractivity contribution in [2.75, 3.05) is 20.1 Å². The highest BCUT2D eigenvalue weighted by atomic mass is 127. The molecule has 2 N–H and O–H groups in total. The number of guanidine groups is 1. The molecule has 0 amide bonds. The molecule has 0 spiro atoms. The van der Waals surface area contributed by atoms with E-state index in [1.807, 2.05) is 20.2 Å². The van der Waals surface area contributed by atoms with Gasteiger partial charge in [0.15, 0.2) is 5.96 Å². The van der Waals surface area contributed by atoms with Crippen LogP contribution >= 0.6 is 35.3 Å². The zero-order chi connectivity index (χ0) is 15.4. The Balaban J connectivity index is 0.00000242. The maximum Gasteiger partial charge on any atom is 0.191 e. The smallest absolute Gasteiger partial charge is 0.191 e. The molecule has 0 radical (unpaired) electrons. The second-order valence-electron chi connectivity index (χ2n) is 6.05. The number of halogens is 1. The average Bonchev–Trinajstić information content (AvgIpc) is 3.01. The molecule has 5 nitrogen and oxygen atoms in total. The number of nitrogens with zero attached hydrogens (tertiary/aromatic N) is 3. The number of rotatable bonds is 4. The standard InChI is InChI=1S/C15H27N5S.HI/c1-10(2)20-8-11(3)14(9-20)19-15(16-5)18-7-13-6-17-12(4)21-13;/h6,10-11,14H,7-9H2,1-5H3,(H2,16,18,19);1H. The highest BCUT2D eigenvalue weighted by Gasteiger charge is 2.31. The third-order valence-electron chi connectivity index (χ3n) is 4.02. The van der Waals surface area contributed by atoms with Gasteiger partial charge < -0.3 is 10.6 Å². The summed E-state index contributed by atoms with van der Waals surface area (Å²) in [7, 11) is 1.83. The highest BCUT2D eigenvalue weighted by Crippen LogP contribution is 2.18. The number of aryl methyl sites for hydroxylation is 1. The van der Waals surface area contributed by atoms with Crippen molar-refractivity contribution in [3.63, 3.8) is 0 Å². The number of likely N-dealkylation sites (tertiary alicyclic amines) is 1. The van der Waals surface area contributed by atoms with Gasteiger partial charge in [0.05, 0.1) is 11.6 Å². The van der Waals surface area contributed by atoms with Crippen molar-refractivity contribution in [2.24, 2.45) is 10.9 Å². The van der Waals surface area contributed by atoms with Gasteiger partial charge in [-0.15, -0.1) is 35.3 Å². The van der Waals surface area contributed by atoms with Crippen LogP contribution in [0.25, 0.3) is 0 Å². The Labute approximate surface area is 155 Å². The molecule has 0 bridgehead atoms. The lowest BCUT2D eigenvalue weighted by molar-refractivity contribution is 0.265. The van der Waals surface area contributed by atoms with Crippen LogP contribution in [0.5, 0.6) is 0 Å². The predicted octanol–water partition coefficient (Wildman–Crippen LogP) is 2.46. The molecule has 0 aliphatic carbocycles. The maximum absolute atomic E-state index is 4.34. The van der Waals surface area contributed by atoms with Crippen LogP contribution in [0, 0.1) is 12.8 Å². The summed E-state index contributed by atoms with van der Waals surface area (Å²) in [5.74, 6) is 1.51. The molecule has 126 valence electrons. The highest BCUT2D eigenvalue weighted by molar-refractivity contribution is 14.0. The molecule has 1 aromatic heterocycles. The van der Waals surface area contributed by atoms with Gasteiger partial charge in [0.2, 0.25) is 0 Å². The van der Waals surface area contributed by atoms with Crippen LogP contribution in [0.3, 0.4) is 0 Å². The topological polar surface area (TPSA) is 52.6 Å². The number of nitrogens with one attached hydrogen (secondary N) is 2. The average molecular weight is 437 g/mol. The molecule has 1 fully saturated rings. The van der Waals surface area contributed by atoms with Crippen molar-refractivity contribution in [3.05, 3.63) is 16.1 Å². The van der Waals surface area contributed by atoms with Gasteiger partial charge in [-0.25, -0.2) is 4.98 Å². The molecular weight excluding hydrogens is 409 g/mol. The van der Waals surface area contributed by atoms with E-state index in [1.54, 1.807) is 11.3 Å². The molecule has 0 saturated carbocycles. The largest absolute Gasteiger partial charge is 0.352 e. The minimum Gasteiger partial charge on any atom is -0.352 e. The van der Waals surface area contributed by atoms with Gasteiger partial charge in [0.1, 0.15) is 0 Å². The Morgan fingerprint density at radius 2 is 2.23 bits per heavy atom. The first-order valence-electron chi connectivity index (χ1n) is 7.62. The number of aromatic nitrogens is 1. The summed E-state index contributed by atoms with van der Waals surface area (Å²) < 4.78 is 0. The molecule has 2 unspecified atom stereocenters. The first-order chi connectivity index (χ1) is 9.99. The van der Waals surface area contributed by atoms with Gasteiger partial charge in [-0.05, 0) is 26.7 Å². The second kappa shape index (κ2) is 9.02. The van der Waals surface area contributed by atoms with Gasteiger partial charge in [-0.3, -0.25) is 9.89 Å². The Bertz CT molecular complexity index is 488. The Morgan fingerprint density at radius 1 is 1.50 bits per heavy atom. The number of thiazole rings is 1. The summed E-state index contributed by atoms with van der Waals surface area (Å²) in [4.78, 5) is 12.4. The van der Waals surface area contributed by atoms with E-state index in [0.29, 0.717) is 18.0 Å². The maximum atomic E-state index is 4.34. The van der Waals surface area contributed by atoms with E-state index in [2.05, 4.69) is 46.3 Å². The van der Waals surface area contributed by atoms with Crippen molar-refractivity contribution in [2.45, 2.75) is 46.3 Å². The van der Waals surface area contributed by atoms with Crippen molar-refractivity contribution >= 4 is 41.3 Å². The van der Waals surface area contributed by atoms with Crippen LogP contribution in [0.1, 0.15) is 30.7 Å². The molecule has 7 heteroatoms. The second-order valence-corrected chi connectivity index (χ2v) is 7.37. The molecular formula is C15H28IN5S. The number of aliphatic imine (C=N–C) groups is 1. The normalized spacial score (nSPS) is 22.7. The third kappa shape index (κ3) is 5.34. The van der Waals surface area contributed by atoms with E-state index in [1.165, 1.54) is 4.88 Å². The van der Waals surface area contributed by atoms with Crippen LogP contribution in [0.2, 0.25) is 0 Å². The van der Waals surface area contributed by atoms with Gasteiger partial charge in [0, 0.05) is 43.3 Å². The summed E-state index contributed by atoms with van der Waals surface area (Å²) in [6, 6.07) is 1.07. The molecule has 2 heterocycles. The molecule has 2 atom stereocenters. The zero-order valence-corrected chi connectivity index (χ0v) is 17.2. The van der Waals surface area contributed by atoms with E-state index in [-0.39, 0.29) is 24.0 Å². The third-order valence-corrected chi connectivity index (χ3v) is 4.93. The molecule has 22 heavy (non-hydrogen) atoms. The molecule has 1 aliphatic rings. The van der Waals surface area contributed by atoms with E-state index in [0.717, 1.165) is 30.6 Å². The lowest BCUT2D eigenvalue weighted by Gasteiger charge is -2.21. The molecule has 1 aliphatic heterocycles.